The molecule has 1 fully saturated rings. The van der Waals surface area contributed by atoms with Gasteiger partial charge in [0.2, 0.25) is 6.33 Å². The molecule has 1 aliphatic rings. The second kappa shape index (κ2) is 5.99. The molecule has 1 radical (unpaired) electrons. The van der Waals surface area contributed by atoms with Crippen molar-refractivity contribution in [1.29, 1.82) is 0 Å². The first kappa shape index (κ1) is 15.3. The minimum absolute atomic E-state index is 0.260. The molecular formula is C17H17N4O2S. The average molecular weight is 341 g/mol. The van der Waals surface area contributed by atoms with Crippen LogP contribution < -0.4 is 0 Å². The van der Waals surface area contributed by atoms with Gasteiger partial charge in [0.25, 0.3) is 0 Å². The van der Waals surface area contributed by atoms with Gasteiger partial charge in [-0.25, -0.2) is 17.9 Å². The molecular weight excluding hydrogens is 324 g/mol. The van der Waals surface area contributed by atoms with Crippen molar-refractivity contribution in [2.75, 3.05) is 24.6 Å². The monoisotopic (exact) mass is 341 g/mol. The SMILES string of the molecule is O=S1(=O)CCN(Cc2ccc(-c3cccc4n[c]nn34)cc2)CC1. The third-order valence-corrected chi connectivity index (χ3v) is 5.96. The number of hydrogen-bond acceptors (Lipinski definition) is 5. The van der Waals surface area contributed by atoms with Crippen LogP contribution in [0.4, 0.5) is 0 Å². The van der Waals surface area contributed by atoms with E-state index in [-0.39, 0.29) is 11.5 Å². The molecule has 0 atom stereocenters. The minimum Gasteiger partial charge on any atom is -0.297 e. The predicted octanol–water partition coefficient (Wildman–Crippen LogP) is 1.43. The summed E-state index contributed by atoms with van der Waals surface area (Å²) in [5.74, 6) is 0.520. The van der Waals surface area contributed by atoms with E-state index in [4.69, 9.17) is 0 Å². The largest absolute Gasteiger partial charge is 0.297 e. The quantitative estimate of drug-likeness (QED) is 0.721. The lowest BCUT2D eigenvalue weighted by atomic mass is 10.1. The van der Waals surface area contributed by atoms with E-state index >= 15 is 0 Å². The van der Waals surface area contributed by atoms with E-state index in [1.165, 1.54) is 5.56 Å². The standard InChI is InChI=1S/C17H17N4O2S/c22-24(23)10-8-20(9-11-24)12-14-4-6-15(7-5-14)16-2-1-3-17-18-13-19-21(16)17/h1-7H,8-12H2. The molecule has 0 amide bonds. The molecule has 1 saturated heterocycles. The maximum absolute atomic E-state index is 11.5. The second-order valence-corrected chi connectivity index (χ2v) is 8.32. The zero-order valence-electron chi connectivity index (χ0n) is 13.1. The highest BCUT2D eigenvalue weighted by Gasteiger charge is 2.21. The normalized spacial score (nSPS) is 18.0. The maximum Gasteiger partial charge on any atom is 0.221 e. The van der Waals surface area contributed by atoms with Crippen LogP contribution in [-0.2, 0) is 16.4 Å². The Morgan fingerprint density at radius 2 is 1.79 bits per heavy atom. The summed E-state index contributed by atoms with van der Waals surface area (Å²) in [6, 6.07) is 14.1. The van der Waals surface area contributed by atoms with Crippen LogP contribution in [0.2, 0.25) is 0 Å². The Morgan fingerprint density at radius 3 is 2.54 bits per heavy atom. The summed E-state index contributed by atoms with van der Waals surface area (Å²) >= 11 is 0. The number of hydrogen-bond donors (Lipinski definition) is 0. The van der Waals surface area contributed by atoms with Gasteiger partial charge in [-0.3, -0.25) is 4.90 Å². The van der Waals surface area contributed by atoms with Gasteiger partial charge in [0.1, 0.15) is 0 Å². The van der Waals surface area contributed by atoms with E-state index in [9.17, 15) is 8.42 Å². The predicted molar refractivity (Wildman–Crippen MR) is 91.2 cm³/mol. The van der Waals surface area contributed by atoms with Crippen LogP contribution in [0.3, 0.4) is 0 Å². The van der Waals surface area contributed by atoms with Gasteiger partial charge in [0.15, 0.2) is 15.5 Å². The molecule has 1 aromatic carbocycles. The highest BCUT2D eigenvalue weighted by Crippen LogP contribution is 2.21. The first-order valence-corrected chi connectivity index (χ1v) is 9.67. The summed E-state index contributed by atoms with van der Waals surface area (Å²) in [4.78, 5) is 6.27. The summed E-state index contributed by atoms with van der Waals surface area (Å²) < 4.78 is 24.8. The molecule has 24 heavy (non-hydrogen) atoms. The molecule has 2 aromatic heterocycles. The molecule has 3 aromatic rings. The maximum atomic E-state index is 11.5. The van der Waals surface area contributed by atoms with Crippen molar-refractivity contribution in [2.45, 2.75) is 6.54 Å². The van der Waals surface area contributed by atoms with Crippen LogP contribution in [-0.4, -0.2) is 52.5 Å². The van der Waals surface area contributed by atoms with E-state index in [1.807, 2.05) is 18.2 Å². The van der Waals surface area contributed by atoms with Gasteiger partial charge in [-0.2, -0.15) is 0 Å². The van der Waals surface area contributed by atoms with Crippen molar-refractivity contribution in [2.24, 2.45) is 0 Å². The molecule has 0 N–H and O–H groups in total. The molecule has 7 heteroatoms. The number of pyridine rings is 1. The zero-order chi connectivity index (χ0) is 16.6. The molecule has 1 aliphatic heterocycles. The van der Waals surface area contributed by atoms with Crippen molar-refractivity contribution in [1.82, 2.24) is 19.5 Å². The summed E-state index contributed by atoms with van der Waals surface area (Å²) in [7, 11) is -2.83. The van der Waals surface area contributed by atoms with E-state index < -0.39 is 9.84 Å². The van der Waals surface area contributed by atoms with E-state index in [0.717, 1.165) is 23.4 Å². The number of rotatable bonds is 3. The summed E-state index contributed by atoms with van der Waals surface area (Å²) in [5, 5.41) is 4.14. The summed E-state index contributed by atoms with van der Waals surface area (Å²) in [6.07, 6.45) is 2.63. The zero-order valence-corrected chi connectivity index (χ0v) is 13.9. The van der Waals surface area contributed by atoms with Crippen LogP contribution in [0.15, 0.2) is 42.5 Å². The van der Waals surface area contributed by atoms with E-state index in [0.29, 0.717) is 13.1 Å². The highest BCUT2D eigenvalue weighted by atomic mass is 32.2. The van der Waals surface area contributed by atoms with Gasteiger partial charge in [-0.05, 0) is 17.7 Å². The first-order valence-electron chi connectivity index (χ1n) is 7.85. The Morgan fingerprint density at radius 1 is 1.04 bits per heavy atom. The van der Waals surface area contributed by atoms with Crippen LogP contribution in [0.5, 0.6) is 0 Å². The van der Waals surface area contributed by atoms with Crippen LogP contribution in [0.1, 0.15) is 5.56 Å². The van der Waals surface area contributed by atoms with Gasteiger partial charge in [-0.15, -0.1) is 5.10 Å². The van der Waals surface area contributed by atoms with Crippen molar-refractivity contribution in [3.8, 4) is 11.3 Å². The lowest BCUT2D eigenvalue weighted by molar-refractivity contribution is 0.287. The summed E-state index contributed by atoms with van der Waals surface area (Å²) in [5.41, 5.74) is 3.97. The molecule has 3 heterocycles. The van der Waals surface area contributed by atoms with E-state index in [1.54, 1.807) is 4.52 Å². The molecule has 0 bridgehead atoms. The third-order valence-electron chi connectivity index (χ3n) is 4.35. The summed E-state index contributed by atoms with van der Waals surface area (Å²) in [6.45, 7) is 1.99. The Kier molecular flexibility index (Phi) is 3.82. The average Bonchev–Trinajstić information content (AvgIpc) is 3.06. The number of aromatic nitrogens is 3. The molecule has 0 unspecified atom stereocenters. The Hall–Kier alpha value is -2.25. The number of nitrogens with zero attached hydrogens (tertiary/aromatic N) is 4. The van der Waals surface area contributed by atoms with Gasteiger partial charge < -0.3 is 0 Å². The Bertz CT molecular complexity index is 950. The lowest BCUT2D eigenvalue weighted by Gasteiger charge is -2.26. The topological polar surface area (TPSA) is 67.6 Å². The first-order chi connectivity index (χ1) is 11.6. The van der Waals surface area contributed by atoms with Crippen molar-refractivity contribution < 1.29 is 8.42 Å². The minimum atomic E-state index is -2.83. The molecule has 4 rings (SSSR count). The fourth-order valence-electron chi connectivity index (χ4n) is 2.96. The molecule has 6 nitrogen and oxygen atoms in total. The van der Waals surface area contributed by atoms with Crippen LogP contribution in [0.25, 0.3) is 16.9 Å². The highest BCUT2D eigenvalue weighted by molar-refractivity contribution is 7.91. The van der Waals surface area contributed by atoms with Gasteiger partial charge in [0.05, 0.1) is 17.2 Å². The van der Waals surface area contributed by atoms with Crippen molar-refractivity contribution in [3.05, 3.63) is 54.4 Å². The Labute approximate surface area is 140 Å². The smallest absolute Gasteiger partial charge is 0.221 e. The molecule has 0 spiro atoms. The molecule has 0 saturated carbocycles. The number of sulfone groups is 1. The van der Waals surface area contributed by atoms with Crippen LogP contribution >= 0.6 is 0 Å². The lowest BCUT2D eigenvalue weighted by Crippen LogP contribution is -2.39. The second-order valence-electron chi connectivity index (χ2n) is 6.02. The van der Waals surface area contributed by atoms with Gasteiger partial charge in [-0.1, -0.05) is 30.3 Å². The fourth-order valence-corrected chi connectivity index (χ4v) is 4.24. The van der Waals surface area contributed by atoms with E-state index in [2.05, 4.69) is 45.6 Å². The number of benzene rings is 1. The third kappa shape index (κ3) is 3.05. The van der Waals surface area contributed by atoms with Gasteiger partial charge >= 0.3 is 0 Å². The van der Waals surface area contributed by atoms with Gasteiger partial charge in [0, 0.05) is 25.2 Å². The fraction of sp³-hybridized carbons (Fsp3) is 0.294. The molecule has 123 valence electrons. The number of fused-ring (bicyclic) bond motifs is 1. The molecule has 0 aliphatic carbocycles. The Balaban J connectivity index is 1.52. The van der Waals surface area contributed by atoms with Crippen LogP contribution in [0, 0.1) is 6.33 Å². The van der Waals surface area contributed by atoms with Crippen molar-refractivity contribution >= 4 is 15.5 Å². The van der Waals surface area contributed by atoms with Crippen molar-refractivity contribution in [3.63, 3.8) is 0 Å².